The smallest absolute Gasteiger partial charge is 0.221 e. The number of fused-ring (bicyclic) bond motifs is 1. The molecule has 0 aliphatic heterocycles. The number of furan rings is 1. The van der Waals surface area contributed by atoms with E-state index in [1.165, 1.54) is 0 Å². The molecule has 0 aliphatic rings. The standard InChI is InChI=1S/C22H20N2O3S2/c1-26-15-6-9-17(10-7-15)28-13-12-21(25)23-14-16-8-11-19(27-16)22-24-18-4-2-3-5-20(18)29-22/h2-11H,12-14H2,1H3,(H,23,25). The van der Waals surface area contributed by atoms with Crippen molar-refractivity contribution in [2.45, 2.75) is 17.9 Å². The number of thioether (sulfide) groups is 1. The third kappa shape index (κ3) is 4.99. The normalized spacial score (nSPS) is 10.9. The highest BCUT2D eigenvalue weighted by Gasteiger charge is 2.11. The number of benzene rings is 2. The second kappa shape index (κ2) is 9.15. The van der Waals surface area contributed by atoms with Crippen molar-refractivity contribution in [2.75, 3.05) is 12.9 Å². The molecule has 0 saturated heterocycles. The largest absolute Gasteiger partial charge is 0.497 e. The first kappa shape index (κ1) is 19.5. The number of methoxy groups -OCH3 is 1. The van der Waals surface area contributed by atoms with Crippen LogP contribution in [0.2, 0.25) is 0 Å². The van der Waals surface area contributed by atoms with Crippen LogP contribution in [0.4, 0.5) is 0 Å². The number of carbonyl (C=O) groups is 1. The third-order valence-corrected chi connectivity index (χ3v) is 6.35. The highest BCUT2D eigenvalue weighted by Crippen LogP contribution is 2.31. The summed E-state index contributed by atoms with van der Waals surface area (Å²) in [6.07, 6.45) is 0.447. The maximum atomic E-state index is 12.1. The molecule has 148 valence electrons. The lowest BCUT2D eigenvalue weighted by Gasteiger charge is -2.05. The molecule has 2 heterocycles. The van der Waals surface area contributed by atoms with Crippen LogP contribution in [0.3, 0.4) is 0 Å². The second-order valence-corrected chi connectivity index (χ2v) is 8.50. The van der Waals surface area contributed by atoms with Crippen LogP contribution >= 0.6 is 23.1 Å². The number of rotatable bonds is 8. The minimum atomic E-state index is 0.00366. The molecule has 0 radical (unpaired) electrons. The van der Waals surface area contributed by atoms with Crippen LogP contribution < -0.4 is 10.1 Å². The Morgan fingerprint density at radius 2 is 1.97 bits per heavy atom. The van der Waals surface area contributed by atoms with Crippen molar-refractivity contribution in [2.24, 2.45) is 0 Å². The summed E-state index contributed by atoms with van der Waals surface area (Å²) in [4.78, 5) is 17.8. The molecule has 0 spiro atoms. The van der Waals surface area contributed by atoms with Gasteiger partial charge >= 0.3 is 0 Å². The fourth-order valence-electron chi connectivity index (χ4n) is 2.77. The number of hydrogen-bond acceptors (Lipinski definition) is 6. The average Bonchev–Trinajstić information content (AvgIpc) is 3.39. The van der Waals surface area contributed by atoms with E-state index in [-0.39, 0.29) is 5.91 Å². The molecule has 0 bridgehead atoms. The number of nitrogens with zero attached hydrogens (tertiary/aromatic N) is 1. The van der Waals surface area contributed by atoms with E-state index >= 15 is 0 Å². The van der Waals surface area contributed by atoms with Gasteiger partial charge in [-0.1, -0.05) is 12.1 Å². The Labute approximate surface area is 177 Å². The number of thiazole rings is 1. The van der Waals surface area contributed by atoms with Crippen molar-refractivity contribution in [3.05, 3.63) is 66.4 Å². The molecule has 2 aromatic carbocycles. The van der Waals surface area contributed by atoms with Crippen molar-refractivity contribution in [3.63, 3.8) is 0 Å². The Morgan fingerprint density at radius 1 is 1.14 bits per heavy atom. The zero-order valence-electron chi connectivity index (χ0n) is 15.9. The first-order valence-electron chi connectivity index (χ1n) is 9.19. The quantitative estimate of drug-likeness (QED) is 0.386. The monoisotopic (exact) mass is 424 g/mol. The van der Waals surface area contributed by atoms with E-state index in [2.05, 4.69) is 10.3 Å². The number of para-hydroxylation sites is 1. The lowest BCUT2D eigenvalue weighted by atomic mass is 10.3. The van der Waals surface area contributed by atoms with Gasteiger partial charge < -0.3 is 14.5 Å². The van der Waals surface area contributed by atoms with Crippen molar-refractivity contribution < 1.29 is 13.9 Å². The predicted octanol–water partition coefficient (Wildman–Crippen LogP) is 5.36. The molecule has 7 heteroatoms. The fourth-order valence-corrected chi connectivity index (χ4v) is 4.55. The number of hydrogen-bond donors (Lipinski definition) is 1. The number of nitrogens with one attached hydrogen (secondary N) is 1. The van der Waals surface area contributed by atoms with E-state index in [0.717, 1.165) is 37.4 Å². The summed E-state index contributed by atoms with van der Waals surface area (Å²) in [7, 11) is 1.65. The summed E-state index contributed by atoms with van der Waals surface area (Å²) in [6, 6.07) is 19.6. The molecule has 5 nitrogen and oxygen atoms in total. The molecule has 0 unspecified atom stereocenters. The van der Waals surface area contributed by atoms with E-state index < -0.39 is 0 Å². The molecule has 0 atom stereocenters. The third-order valence-electron chi connectivity index (χ3n) is 4.28. The van der Waals surface area contributed by atoms with Gasteiger partial charge in [0.25, 0.3) is 0 Å². The van der Waals surface area contributed by atoms with Gasteiger partial charge in [0.05, 0.1) is 23.9 Å². The van der Waals surface area contributed by atoms with Crippen molar-refractivity contribution >= 4 is 39.2 Å². The Morgan fingerprint density at radius 3 is 2.76 bits per heavy atom. The van der Waals surface area contributed by atoms with Gasteiger partial charge in [0, 0.05) is 17.1 Å². The van der Waals surface area contributed by atoms with E-state index in [4.69, 9.17) is 9.15 Å². The molecule has 0 saturated carbocycles. The van der Waals surface area contributed by atoms with Crippen LogP contribution in [0.15, 0.2) is 70.0 Å². The van der Waals surface area contributed by atoms with Gasteiger partial charge in [-0.05, 0) is 48.5 Å². The van der Waals surface area contributed by atoms with Gasteiger partial charge in [-0.2, -0.15) is 0 Å². The Hall–Kier alpha value is -2.77. The molecule has 4 rings (SSSR count). The summed E-state index contributed by atoms with van der Waals surface area (Å²) in [5.74, 6) is 2.99. The van der Waals surface area contributed by atoms with Crippen LogP contribution in [0.5, 0.6) is 5.75 Å². The van der Waals surface area contributed by atoms with E-state index in [1.807, 2.05) is 60.7 Å². The summed E-state index contributed by atoms with van der Waals surface area (Å²) < 4.78 is 12.1. The SMILES string of the molecule is COc1ccc(SCCC(=O)NCc2ccc(-c3nc4ccccc4s3)o2)cc1. The molecule has 1 amide bonds. The molecular formula is C22H20N2O3S2. The minimum Gasteiger partial charge on any atom is -0.497 e. The van der Waals surface area contributed by atoms with E-state index in [0.29, 0.717) is 18.7 Å². The Balaban J connectivity index is 1.25. The van der Waals surface area contributed by atoms with Gasteiger partial charge in [-0.25, -0.2) is 4.98 Å². The summed E-state index contributed by atoms with van der Waals surface area (Å²) in [5, 5.41) is 3.76. The summed E-state index contributed by atoms with van der Waals surface area (Å²) >= 11 is 3.24. The first-order chi connectivity index (χ1) is 14.2. The molecule has 2 aromatic heterocycles. The molecule has 1 N–H and O–H groups in total. The van der Waals surface area contributed by atoms with Crippen LogP contribution in [0.1, 0.15) is 12.2 Å². The first-order valence-corrected chi connectivity index (χ1v) is 11.0. The van der Waals surface area contributed by atoms with E-state index in [1.54, 1.807) is 30.2 Å². The van der Waals surface area contributed by atoms with Gasteiger partial charge in [-0.3, -0.25) is 4.79 Å². The van der Waals surface area contributed by atoms with E-state index in [9.17, 15) is 4.79 Å². The van der Waals surface area contributed by atoms with Gasteiger partial charge in [-0.15, -0.1) is 23.1 Å². The zero-order valence-corrected chi connectivity index (χ0v) is 17.5. The number of carbonyl (C=O) groups excluding carboxylic acids is 1. The van der Waals surface area contributed by atoms with Gasteiger partial charge in [0.15, 0.2) is 10.8 Å². The van der Waals surface area contributed by atoms with Gasteiger partial charge in [0.2, 0.25) is 5.91 Å². The van der Waals surface area contributed by atoms with Crippen molar-refractivity contribution in [1.29, 1.82) is 0 Å². The lowest BCUT2D eigenvalue weighted by Crippen LogP contribution is -2.22. The Kier molecular flexibility index (Phi) is 6.17. The van der Waals surface area contributed by atoms with Crippen LogP contribution in [0, 0.1) is 0 Å². The van der Waals surface area contributed by atoms with Crippen LogP contribution in [-0.4, -0.2) is 23.8 Å². The average molecular weight is 425 g/mol. The lowest BCUT2D eigenvalue weighted by molar-refractivity contribution is -0.120. The molecular weight excluding hydrogens is 404 g/mol. The maximum absolute atomic E-state index is 12.1. The zero-order chi connectivity index (χ0) is 20.1. The second-order valence-electron chi connectivity index (χ2n) is 6.30. The topological polar surface area (TPSA) is 64.4 Å². The Bertz CT molecular complexity index is 1070. The fraction of sp³-hybridized carbons (Fsp3) is 0.182. The maximum Gasteiger partial charge on any atom is 0.221 e. The predicted molar refractivity (Wildman–Crippen MR) is 118 cm³/mol. The number of ether oxygens (including phenoxy) is 1. The number of amides is 1. The summed E-state index contributed by atoms with van der Waals surface area (Å²) in [5.41, 5.74) is 0.966. The molecule has 4 aromatic rings. The highest BCUT2D eigenvalue weighted by molar-refractivity contribution is 7.99. The van der Waals surface area contributed by atoms with Crippen LogP contribution in [0.25, 0.3) is 21.0 Å². The summed E-state index contributed by atoms with van der Waals surface area (Å²) in [6.45, 7) is 0.372. The molecule has 0 fully saturated rings. The molecule has 29 heavy (non-hydrogen) atoms. The minimum absolute atomic E-state index is 0.00366. The molecule has 0 aliphatic carbocycles. The van der Waals surface area contributed by atoms with Gasteiger partial charge in [0.1, 0.15) is 11.5 Å². The van der Waals surface area contributed by atoms with Crippen molar-refractivity contribution in [3.8, 4) is 16.5 Å². The van der Waals surface area contributed by atoms with Crippen LogP contribution in [-0.2, 0) is 11.3 Å². The highest BCUT2D eigenvalue weighted by atomic mass is 32.2. The van der Waals surface area contributed by atoms with Crippen molar-refractivity contribution in [1.82, 2.24) is 10.3 Å². The number of aromatic nitrogens is 1.